The minimum absolute atomic E-state index is 0.00482. The Morgan fingerprint density at radius 2 is 1.62 bits per heavy atom. The fourth-order valence-electron chi connectivity index (χ4n) is 3.72. The Balaban J connectivity index is 1.82. The van der Waals surface area contributed by atoms with Crippen LogP contribution < -0.4 is 5.32 Å². The SMILES string of the molecule is CCCN(CCC)C(=O)CCC(=O)NC1(C#N)CCC2(CC1)OCCO2. The van der Waals surface area contributed by atoms with Gasteiger partial charge in [-0.15, -0.1) is 0 Å². The molecule has 0 unspecified atom stereocenters. The third-order valence-corrected chi connectivity index (χ3v) is 5.18. The maximum Gasteiger partial charge on any atom is 0.223 e. The van der Waals surface area contributed by atoms with E-state index in [0.29, 0.717) is 38.9 Å². The summed E-state index contributed by atoms with van der Waals surface area (Å²) in [5, 5.41) is 12.5. The lowest BCUT2D eigenvalue weighted by molar-refractivity contribution is -0.183. The van der Waals surface area contributed by atoms with Crippen LogP contribution in [0.4, 0.5) is 0 Å². The second-order valence-electron chi connectivity index (χ2n) is 7.23. The maximum atomic E-state index is 12.3. The Kier molecular flexibility index (Phi) is 7.42. The highest BCUT2D eigenvalue weighted by Gasteiger charge is 2.47. The fourth-order valence-corrected chi connectivity index (χ4v) is 3.72. The number of ether oxygens (including phenoxy) is 2. The second kappa shape index (κ2) is 9.33. The van der Waals surface area contributed by atoms with Crippen molar-refractivity contribution < 1.29 is 19.1 Å². The normalized spacial score (nSPS) is 20.5. The molecular formula is C19H31N3O4. The Morgan fingerprint density at radius 1 is 1.04 bits per heavy atom. The molecule has 0 aromatic carbocycles. The highest BCUT2D eigenvalue weighted by Crippen LogP contribution is 2.40. The van der Waals surface area contributed by atoms with E-state index in [0.717, 1.165) is 25.9 Å². The van der Waals surface area contributed by atoms with Crippen LogP contribution >= 0.6 is 0 Å². The van der Waals surface area contributed by atoms with Crippen molar-refractivity contribution in [2.24, 2.45) is 0 Å². The number of nitrogens with one attached hydrogen (secondary N) is 1. The molecule has 1 heterocycles. The molecule has 1 aliphatic heterocycles. The van der Waals surface area contributed by atoms with Gasteiger partial charge in [-0.1, -0.05) is 13.8 Å². The molecule has 0 aromatic heterocycles. The number of hydrogen-bond acceptors (Lipinski definition) is 5. The molecule has 1 N–H and O–H groups in total. The van der Waals surface area contributed by atoms with Crippen LogP contribution in [0.1, 0.15) is 65.2 Å². The first kappa shape index (κ1) is 20.7. The van der Waals surface area contributed by atoms with Crippen molar-refractivity contribution in [3.05, 3.63) is 0 Å². The van der Waals surface area contributed by atoms with E-state index < -0.39 is 11.3 Å². The van der Waals surface area contributed by atoms with Gasteiger partial charge in [0.15, 0.2) is 5.79 Å². The molecule has 1 saturated carbocycles. The molecule has 2 amide bonds. The summed E-state index contributed by atoms with van der Waals surface area (Å²) in [6.45, 7) is 6.68. The molecule has 1 spiro atoms. The molecule has 26 heavy (non-hydrogen) atoms. The highest BCUT2D eigenvalue weighted by molar-refractivity contribution is 5.84. The van der Waals surface area contributed by atoms with Crippen molar-refractivity contribution in [2.75, 3.05) is 26.3 Å². The number of amides is 2. The molecule has 7 nitrogen and oxygen atoms in total. The second-order valence-corrected chi connectivity index (χ2v) is 7.23. The van der Waals surface area contributed by atoms with E-state index in [2.05, 4.69) is 11.4 Å². The number of nitrogens with zero attached hydrogens (tertiary/aromatic N) is 2. The van der Waals surface area contributed by atoms with Crippen molar-refractivity contribution in [1.82, 2.24) is 10.2 Å². The molecule has 0 bridgehead atoms. The van der Waals surface area contributed by atoms with Crippen molar-refractivity contribution in [1.29, 1.82) is 5.26 Å². The van der Waals surface area contributed by atoms with E-state index in [-0.39, 0.29) is 24.7 Å². The molecule has 0 atom stereocenters. The summed E-state index contributed by atoms with van der Waals surface area (Å²) in [5.74, 6) is -0.802. The van der Waals surface area contributed by atoms with Crippen LogP contribution in [0.2, 0.25) is 0 Å². The zero-order chi connectivity index (χ0) is 19.0. The van der Waals surface area contributed by atoms with Gasteiger partial charge in [0.25, 0.3) is 0 Å². The van der Waals surface area contributed by atoms with Crippen LogP contribution in [0.15, 0.2) is 0 Å². The van der Waals surface area contributed by atoms with Gasteiger partial charge in [0.2, 0.25) is 11.8 Å². The lowest BCUT2D eigenvalue weighted by Crippen LogP contribution is -2.53. The smallest absolute Gasteiger partial charge is 0.223 e. The summed E-state index contributed by atoms with van der Waals surface area (Å²) >= 11 is 0. The van der Waals surface area contributed by atoms with Crippen molar-refractivity contribution in [3.63, 3.8) is 0 Å². The molecule has 7 heteroatoms. The van der Waals surface area contributed by atoms with Crippen LogP contribution in [0.25, 0.3) is 0 Å². The van der Waals surface area contributed by atoms with Gasteiger partial charge in [-0.2, -0.15) is 5.26 Å². The van der Waals surface area contributed by atoms with E-state index in [9.17, 15) is 14.9 Å². The Labute approximate surface area is 156 Å². The van der Waals surface area contributed by atoms with E-state index in [1.807, 2.05) is 18.7 Å². The molecule has 0 aromatic rings. The Morgan fingerprint density at radius 3 is 2.12 bits per heavy atom. The van der Waals surface area contributed by atoms with Gasteiger partial charge >= 0.3 is 0 Å². The summed E-state index contributed by atoms with van der Waals surface area (Å²) in [7, 11) is 0. The number of hydrogen-bond donors (Lipinski definition) is 1. The Bertz CT molecular complexity index is 521. The lowest BCUT2D eigenvalue weighted by atomic mass is 9.79. The van der Waals surface area contributed by atoms with Gasteiger partial charge < -0.3 is 19.7 Å². The van der Waals surface area contributed by atoms with Crippen molar-refractivity contribution >= 4 is 11.8 Å². The van der Waals surface area contributed by atoms with Gasteiger partial charge in [-0.25, -0.2) is 0 Å². The largest absolute Gasteiger partial charge is 0.348 e. The van der Waals surface area contributed by atoms with Gasteiger partial charge in [0, 0.05) is 38.8 Å². The van der Waals surface area contributed by atoms with Crippen LogP contribution in [-0.2, 0) is 19.1 Å². The summed E-state index contributed by atoms with van der Waals surface area (Å²) < 4.78 is 11.4. The quantitative estimate of drug-likeness (QED) is 0.711. The van der Waals surface area contributed by atoms with Gasteiger partial charge in [0.05, 0.1) is 19.3 Å². The molecule has 2 fully saturated rings. The topological polar surface area (TPSA) is 91.7 Å². The lowest BCUT2D eigenvalue weighted by Gasteiger charge is -2.40. The zero-order valence-electron chi connectivity index (χ0n) is 16.0. The number of rotatable bonds is 8. The fraction of sp³-hybridized carbons (Fsp3) is 0.842. The molecule has 1 saturated heterocycles. The van der Waals surface area contributed by atoms with Gasteiger partial charge in [0.1, 0.15) is 5.54 Å². The standard InChI is InChI=1S/C19H31N3O4/c1-3-11-22(12-4-2)17(24)6-5-16(23)21-18(15-20)7-9-19(10-8-18)25-13-14-26-19/h3-14H2,1-2H3,(H,21,23). The molecular weight excluding hydrogens is 334 g/mol. The molecule has 146 valence electrons. The van der Waals surface area contributed by atoms with E-state index >= 15 is 0 Å². The number of nitriles is 1. The van der Waals surface area contributed by atoms with E-state index in [1.54, 1.807) is 0 Å². The monoisotopic (exact) mass is 365 g/mol. The predicted octanol–water partition coefficient (Wildman–Crippen LogP) is 2.11. The summed E-state index contributed by atoms with van der Waals surface area (Å²) in [6, 6.07) is 2.27. The summed E-state index contributed by atoms with van der Waals surface area (Å²) in [5.41, 5.74) is -0.882. The first-order chi connectivity index (χ1) is 12.5. The first-order valence-corrected chi connectivity index (χ1v) is 9.76. The first-order valence-electron chi connectivity index (χ1n) is 9.76. The molecule has 2 aliphatic rings. The minimum atomic E-state index is -0.882. The molecule has 2 rings (SSSR count). The average Bonchev–Trinajstić information content (AvgIpc) is 3.10. The third kappa shape index (κ3) is 5.18. The number of carbonyl (C=O) groups is 2. The van der Waals surface area contributed by atoms with E-state index in [4.69, 9.17) is 9.47 Å². The Hall–Kier alpha value is -1.65. The maximum absolute atomic E-state index is 12.3. The highest BCUT2D eigenvalue weighted by atomic mass is 16.7. The van der Waals surface area contributed by atoms with Gasteiger partial charge in [-0.3, -0.25) is 9.59 Å². The summed E-state index contributed by atoms with van der Waals surface area (Å²) in [6.07, 6.45) is 4.31. The van der Waals surface area contributed by atoms with Crippen LogP contribution in [-0.4, -0.2) is 54.3 Å². The van der Waals surface area contributed by atoms with Crippen LogP contribution in [0.5, 0.6) is 0 Å². The number of carbonyl (C=O) groups excluding carboxylic acids is 2. The average molecular weight is 365 g/mol. The predicted molar refractivity (Wildman–Crippen MR) is 96.0 cm³/mol. The summed E-state index contributed by atoms with van der Waals surface area (Å²) in [4.78, 5) is 26.4. The minimum Gasteiger partial charge on any atom is -0.348 e. The van der Waals surface area contributed by atoms with Crippen LogP contribution in [0.3, 0.4) is 0 Å². The van der Waals surface area contributed by atoms with Crippen molar-refractivity contribution in [3.8, 4) is 6.07 Å². The zero-order valence-corrected chi connectivity index (χ0v) is 16.0. The third-order valence-electron chi connectivity index (χ3n) is 5.18. The molecule has 1 aliphatic carbocycles. The van der Waals surface area contributed by atoms with Crippen molar-refractivity contribution in [2.45, 2.75) is 76.5 Å². The molecule has 0 radical (unpaired) electrons. The van der Waals surface area contributed by atoms with Crippen LogP contribution in [0, 0.1) is 11.3 Å². The van der Waals surface area contributed by atoms with Gasteiger partial charge in [-0.05, 0) is 25.7 Å². The van der Waals surface area contributed by atoms with E-state index in [1.165, 1.54) is 0 Å².